The van der Waals surface area contributed by atoms with Gasteiger partial charge >= 0.3 is 0 Å². The third kappa shape index (κ3) is 4.08. The first kappa shape index (κ1) is 20.4. The standard InChI is InChI=1S/C21H22ClN3O2S/c1-4-12(2)14-5-8-16(9-6-14)25-20(27)17-10-7-15(22)11-18(17)24-21(25)28-13(3)19(23)26/h5-13H,4H2,1-3H3,(H2,23,26)/t12-,13+/m1/s1. The number of carbonyl (C=O) groups is 1. The lowest BCUT2D eigenvalue weighted by atomic mass is 9.98. The summed E-state index contributed by atoms with van der Waals surface area (Å²) in [6.07, 6.45) is 1.04. The fourth-order valence-corrected chi connectivity index (χ4v) is 3.89. The number of primary amides is 1. The monoisotopic (exact) mass is 415 g/mol. The van der Waals surface area contributed by atoms with Gasteiger partial charge in [0.1, 0.15) is 0 Å². The van der Waals surface area contributed by atoms with Crippen molar-refractivity contribution in [3.05, 3.63) is 63.4 Å². The van der Waals surface area contributed by atoms with E-state index in [9.17, 15) is 9.59 Å². The Morgan fingerprint density at radius 1 is 1.21 bits per heavy atom. The number of aromatic nitrogens is 2. The molecule has 0 fully saturated rings. The molecule has 146 valence electrons. The fourth-order valence-electron chi connectivity index (χ4n) is 2.85. The van der Waals surface area contributed by atoms with Crippen LogP contribution >= 0.6 is 23.4 Å². The summed E-state index contributed by atoms with van der Waals surface area (Å²) >= 11 is 7.22. The summed E-state index contributed by atoms with van der Waals surface area (Å²) in [5.74, 6) is -0.0320. The number of hydrogen-bond donors (Lipinski definition) is 1. The summed E-state index contributed by atoms with van der Waals surface area (Å²) in [6, 6.07) is 12.8. The van der Waals surface area contributed by atoms with Crippen LogP contribution in [0.15, 0.2) is 52.4 Å². The normalized spacial score (nSPS) is 13.4. The maximum absolute atomic E-state index is 13.2. The highest BCUT2D eigenvalue weighted by molar-refractivity contribution is 8.00. The number of thioether (sulfide) groups is 1. The van der Waals surface area contributed by atoms with Crippen molar-refractivity contribution in [2.24, 2.45) is 5.73 Å². The summed E-state index contributed by atoms with van der Waals surface area (Å²) < 4.78 is 1.53. The summed E-state index contributed by atoms with van der Waals surface area (Å²) in [5, 5.41) is 0.831. The molecule has 0 aliphatic carbocycles. The highest BCUT2D eigenvalue weighted by Crippen LogP contribution is 2.27. The van der Waals surface area contributed by atoms with Crippen molar-refractivity contribution in [2.45, 2.75) is 43.5 Å². The van der Waals surface area contributed by atoms with Gasteiger partial charge in [-0.3, -0.25) is 14.2 Å². The summed E-state index contributed by atoms with van der Waals surface area (Å²) in [5.41, 5.74) is 7.60. The molecule has 2 aromatic carbocycles. The average Bonchev–Trinajstić information content (AvgIpc) is 2.67. The van der Waals surface area contributed by atoms with Crippen LogP contribution < -0.4 is 11.3 Å². The van der Waals surface area contributed by atoms with Gasteiger partial charge in [0.25, 0.3) is 5.56 Å². The van der Waals surface area contributed by atoms with Gasteiger partial charge in [-0.1, -0.05) is 49.3 Å². The molecule has 0 saturated carbocycles. The number of hydrogen-bond acceptors (Lipinski definition) is 4. The molecule has 3 rings (SSSR count). The van der Waals surface area contributed by atoms with Gasteiger partial charge in [-0.2, -0.15) is 0 Å². The van der Waals surface area contributed by atoms with E-state index in [0.29, 0.717) is 32.7 Å². The van der Waals surface area contributed by atoms with Crippen LogP contribution in [0.1, 0.15) is 38.7 Å². The van der Waals surface area contributed by atoms with Crippen molar-refractivity contribution in [1.29, 1.82) is 0 Å². The molecule has 2 N–H and O–H groups in total. The maximum Gasteiger partial charge on any atom is 0.266 e. The van der Waals surface area contributed by atoms with Gasteiger partial charge in [-0.05, 0) is 55.2 Å². The average molecular weight is 416 g/mol. The Bertz CT molecular complexity index is 1080. The smallest absolute Gasteiger partial charge is 0.266 e. The molecule has 0 saturated heterocycles. The molecule has 1 amide bonds. The van der Waals surface area contributed by atoms with E-state index in [1.54, 1.807) is 25.1 Å². The molecule has 0 radical (unpaired) electrons. The lowest BCUT2D eigenvalue weighted by Gasteiger charge is -2.16. The van der Waals surface area contributed by atoms with Crippen LogP contribution in [0.3, 0.4) is 0 Å². The molecule has 1 aromatic heterocycles. The molecular formula is C21H22ClN3O2S. The minimum absolute atomic E-state index is 0.211. The van der Waals surface area contributed by atoms with Crippen LogP contribution in [0.2, 0.25) is 5.02 Å². The third-order valence-corrected chi connectivity index (χ3v) is 6.12. The van der Waals surface area contributed by atoms with E-state index in [-0.39, 0.29) is 5.56 Å². The summed E-state index contributed by atoms with van der Waals surface area (Å²) in [7, 11) is 0. The van der Waals surface area contributed by atoms with Crippen molar-refractivity contribution in [2.75, 3.05) is 0 Å². The lowest BCUT2D eigenvalue weighted by Crippen LogP contribution is -2.26. The molecule has 28 heavy (non-hydrogen) atoms. The Labute approximate surface area is 172 Å². The van der Waals surface area contributed by atoms with Gasteiger partial charge in [-0.25, -0.2) is 4.98 Å². The van der Waals surface area contributed by atoms with E-state index in [1.807, 2.05) is 24.3 Å². The highest BCUT2D eigenvalue weighted by atomic mass is 35.5. The van der Waals surface area contributed by atoms with Crippen molar-refractivity contribution < 1.29 is 4.79 Å². The molecule has 0 unspecified atom stereocenters. The maximum atomic E-state index is 13.2. The van der Waals surface area contributed by atoms with Crippen molar-refractivity contribution in [3.63, 3.8) is 0 Å². The number of carbonyl (C=O) groups excluding carboxylic acids is 1. The molecule has 0 aliphatic rings. The van der Waals surface area contributed by atoms with E-state index in [4.69, 9.17) is 17.3 Å². The van der Waals surface area contributed by atoms with Crippen LogP contribution in [0, 0.1) is 0 Å². The first-order valence-corrected chi connectivity index (χ1v) is 10.4. The second-order valence-corrected chi connectivity index (χ2v) is 8.50. The van der Waals surface area contributed by atoms with E-state index >= 15 is 0 Å². The van der Waals surface area contributed by atoms with Gasteiger partial charge in [0, 0.05) is 5.02 Å². The van der Waals surface area contributed by atoms with Gasteiger partial charge in [-0.15, -0.1) is 0 Å². The number of nitrogens with zero attached hydrogens (tertiary/aromatic N) is 2. The van der Waals surface area contributed by atoms with E-state index in [1.165, 1.54) is 10.1 Å². The quantitative estimate of drug-likeness (QED) is 0.474. The van der Waals surface area contributed by atoms with Crippen molar-refractivity contribution in [1.82, 2.24) is 9.55 Å². The van der Waals surface area contributed by atoms with Crippen molar-refractivity contribution in [3.8, 4) is 5.69 Å². The molecule has 7 heteroatoms. The SMILES string of the molecule is CC[C@@H](C)c1ccc(-n2c(S[C@@H](C)C(N)=O)nc3cc(Cl)ccc3c2=O)cc1. The van der Waals surface area contributed by atoms with Crippen LogP contribution in [0.4, 0.5) is 0 Å². The van der Waals surface area contributed by atoms with Gasteiger partial charge in [0.05, 0.1) is 21.8 Å². The zero-order chi connectivity index (χ0) is 20.4. The third-order valence-electron chi connectivity index (χ3n) is 4.82. The number of rotatable bonds is 6. The van der Waals surface area contributed by atoms with Crippen LogP contribution in [-0.2, 0) is 4.79 Å². The molecule has 3 aromatic rings. The first-order valence-electron chi connectivity index (χ1n) is 9.10. The minimum Gasteiger partial charge on any atom is -0.369 e. The lowest BCUT2D eigenvalue weighted by molar-refractivity contribution is -0.117. The number of halogens is 1. The van der Waals surface area contributed by atoms with E-state index in [0.717, 1.165) is 18.2 Å². The Kier molecular flexibility index (Phi) is 6.10. The predicted molar refractivity (Wildman–Crippen MR) is 116 cm³/mol. The largest absolute Gasteiger partial charge is 0.369 e. The Hall–Kier alpha value is -2.31. The molecule has 1 heterocycles. The van der Waals surface area contributed by atoms with E-state index in [2.05, 4.69) is 18.8 Å². The van der Waals surface area contributed by atoms with E-state index < -0.39 is 11.2 Å². The zero-order valence-electron chi connectivity index (χ0n) is 16.0. The number of fused-ring (bicyclic) bond motifs is 1. The Morgan fingerprint density at radius 3 is 2.50 bits per heavy atom. The van der Waals surface area contributed by atoms with Crippen molar-refractivity contribution >= 4 is 40.2 Å². The first-order chi connectivity index (χ1) is 13.3. The number of nitrogens with two attached hydrogens (primary N) is 1. The number of benzene rings is 2. The highest BCUT2D eigenvalue weighted by Gasteiger charge is 2.19. The van der Waals surface area contributed by atoms with Crippen LogP contribution in [-0.4, -0.2) is 20.7 Å². The van der Waals surface area contributed by atoms with Crippen LogP contribution in [0.5, 0.6) is 0 Å². The molecule has 2 atom stereocenters. The summed E-state index contributed by atoms with van der Waals surface area (Å²) in [6.45, 7) is 6.00. The Morgan fingerprint density at radius 2 is 1.89 bits per heavy atom. The predicted octanol–water partition coefficient (Wildman–Crippen LogP) is 4.52. The zero-order valence-corrected chi connectivity index (χ0v) is 17.6. The molecule has 0 aliphatic heterocycles. The molecule has 0 spiro atoms. The number of amides is 1. The minimum atomic E-state index is -0.533. The molecule has 0 bridgehead atoms. The topological polar surface area (TPSA) is 78.0 Å². The molecule has 5 nitrogen and oxygen atoms in total. The van der Waals surface area contributed by atoms with Crippen LogP contribution in [0.25, 0.3) is 16.6 Å². The van der Waals surface area contributed by atoms with Gasteiger partial charge in [0.15, 0.2) is 5.16 Å². The molecular weight excluding hydrogens is 394 g/mol. The second-order valence-electron chi connectivity index (χ2n) is 6.76. The van der Waals surface area contributed by atoms with Gasteiger partial charge < -0.3 is 5.73 Å². The summed E-state index contributed by atoms with van der Waals surface area (Å²) in [4.78, 5) is 29.4. The fraction of sp³-hybridized carbons (Fsp3) is 0.286. The second kappa shape index (κ2) is 8.37. The van der Waals surface area contributed by atoms with Gasteiger partial charge in [0.2, 0.25) is 5.91 Å². The Balaban J connectivity index is 2.21.